The summed E-state index contributed by atoms with van der Waals surface area (Å²) in [7, 11) is 0. The first kappa shape index (κ1) is 14.1. The molecule has 3 rings (SSSR count). The van der Waals surface area contributed by atoms with Gasteiger partial charge in [-0.15, -0.1) is 0 Å². The molecule has 0 aromatic carbocycles. The molecule has 1 aliphatic heterocycles. The van der Waals surface area contributed by atoms with E-state index in [0.717, 1.165) is 24.1 Å². The Kier molecular flexibility index (Phi) is 4.05. The Labute approximate surface area is 128 Å². The second-order valence-electron chi connectivity index (χ2n) is 5.08. The van der Waals surface area contributed by atoms with E-state index in [4.69, 9.17) is 0 Å². The number of aromatic nitrogens is 2. The number of hydrogen-bond donors (Lipinski definition) is 0. The van der Waals surface area contributed by atoms with Crippen molar-refractivity contribution in [3.05, 3.63) is 61.2 Å². The normalized spacial score (nSPS) is 13.9. The third kappa shape index (κ3) is 3.09. The van der Waals surface area contributed by atoms with Crippen LogP contribution in [0.1, 0.15) is 6.42 Å². The number of hydrogen-bond acceptors (Lipinski definition) is 3. The molecule has 3 heterocycles. The predicted molar refractivity (Wildman–Crippen MR) is 80.3 cm³/mol. The quantitative estimate of drug-likeness (QED) is 0.618. The van der Waals surface area contributed by atoms with Gasteiger partial charge < -0.3 is 0 Å². The Bertz CT molecular complexity index is 690. The highest BCUT2D eigenvalue weighted by atomic mass is 16.2. The molecule has 0 aliphatic carbocycles. The molecule has 22 heavy (non-hydrogen) atoms. The minimum absolute atomic E-state index is 0.219. The third-order valence-corrected chi connectivity index (χ3v) is 3.60. The Hall–Kier alpha value is -2.82. The van der Waals surface area contributed by atoms with Crippen LogP contribution in [0.15, 0.2) is 61.2 Å². The molecule has 0 bridgehead atoms. The molecule has 110 valence electrons. The monoisotopic (exact) mass is 294 g/mol. The molecular formula is C17H16N3O2+. The summed E-state index contributed by atoms with van der Waals surface area (Å²) >= 11 is 0. The molecule has 2 aromatic rings. The van der Waals surface area contributed by atoms with Gasteiger partial charge in [-0.05, 0) is 23.3 Å². The van der Waals surface area contributed by atoms with Crippen LogP contribution in [0.2, 0.25) is 0 Å². The zero-order valence-corrected chi connectivity index (χ0v) is 12.1. The van der Waals surface area contributed by atoms with E-state index in [1.807, 2.05) is 41.2 Å². The molecule has 1 aliphatic rings. The lowest BCUT2D eigenvalue weighted by molar-refractivity contribution is -0.697. The van der Waals surface area contributed by atoms with Gasteiger partial charge in [0.05, 0.1) is 0 Å². The van der Waals surface area contributed by atoms with Crippen LogP contribution >= 0.6 is 0 Å². The summed E-state index contributed by atoms with van der Waals surface area (Å²) in [6.07, 6.45) is 10.9. The maximum atomic E-state index is 11.4. The van der Waals surface area contributed by atoms with E-state index in [1.165, 1.54) is 17.1 Å². The van der Waals surface area contributed by atoms with Crippen molar-refractivity contribution in [2.24, 2.45) is 0 Å². The number of pyridine rings is 2. The summed E-state index contributed by atoms with van der Waals surface area (Å²) in [6, 6.07) is 8.03. The first-order chi connectivity index (χ1) is 10.7. The smallest absolute Gasteiger partial charge is 0.253 e. The van der Waals surface area contributed by atoms with Crippen LogP contribution in [0.3, 0.4) is 0 Å². The molecule has 5 nitrogen and oxygen atoms in total. The van der Waals surface area contributed by atoms with E-state index in [-0.39, 0.29) is 11.8 Å². The number of nitrogens with zero attached hydrogens (tertiary/aromatic N) is 3. The number of amides is 2. The molecule has 2 aromatic heterocycles. The van der Waals surface area contributed by atoms with Gasteiger partial charge in [-0.25, -0.2) is 4.57 Å². The maximum Gasteiger partial charge on any atom is 0.253 e. The van der Waals surface area contributed by atoms with Gasteiger partial charge in [0.2, 0.25) is 0 Å². The highest BCUT2D eigenvalue weighted by molar-refractivity contribution is 6.12. The topological polar surface area (TPSA) is 54.2 Å². The summed E-state index contributed by atoms with van der Waals surface area (Å²) in [6.45, 7) is 1.21. The van der Waals surface area contributed by atoms with Gasteiger partial charge in [-0.2, -0.15) is 0 Å². The fourth-order valence-corrected chi connectivity index (χ4v) is 2.41. The second-order valence-corrected chi connectivity index (χ2v) is 5.08. The number of carbonyl (C=O) groups excluding carboxylic acids is 2. The van der Waals surface area contributed by atoms with E-state index in [1.54, 1.807) is 12.4 Å². The maximum absolute atomic E-state index is 11.4. The van der Waals surface area contributed by atoms with Crippen molar-refractivity contribution in [3.63, 3.8) is 0 Å². The number of carbonyl (C=O) groups is 2. The molecule has 0 N–H and O–H groups in total. The first-order valence-corrected chi connectivity index (χ1v) is 7.17. The van der Waals surface area contributed by atoms with Gasteiger partial charge >= 0.3 is 0 Å². The predicted octanol–water partition coefficient (Wildman–Crippen LogP) is 1.35. The average molecular weight is 294 g/mol. The molecule has 0 spiro atoms. The fourth-order valence-electron chi connectivity index (χ4n) is 2.41. The van der Waals surface area contributed by atoms with Crippen molar-refractivity contribution < 1.29 is 14.2 Å². The minimum Gasteiger partial charge on any atom is -0.275 e. The van der Waals surface area contributed by atoms with Crippen LogP contribution in [0, 0.1) is 0 Å². The zero-order valence-electron chi connectivity index (χ0n) is 12.1. The highest BCUT2D eigenvalue weighted by Gasteiger charge is 2.22. The van der Waals surface area contributed by atoms with Gasteiger partial charge in [-0.3, -0.25) is 19.5 Å². The molecule has 2 amide bonds. The summed E-state index contributed by atoms with van der Waals surface area (Å²) in [5.74, 6) is -0.439. The van der Waals surface area contributed by atoms with E-state index in [0.29, 0.717) is 6.54 Å². The van der Waals surface area contributed by atoms with E-state index >= 15 is 0 Å². The summed E-state index contributed by atoms with van der Waals surface area (Å²) < 4.78 is 2.04. The van der Waals surface area contributed by atoms with Gasteiger partial charge in [0.15, 0.2) is 12.4 Å². The molecular weight excluding hydrogens is 278 g/mol. The SMILES string of the molecule is O=C1C=CC(=O)N1CCC[n+]1ccc(-c2ccncc2)cc1. The van der Waals surface area contributed by atoms with Gasteiger partial charge in [0, 0.05) is 49.6 Å². The van der Waals surface area contributed by atoms with Gasteiger partial charge in [-0.1, -0.05) is 0 Å². The molecule has 0 atom stereocenters. The van der Waals surface area contributed by atoms with Crippen molar-refractivity contribution >= 4 is 11.8 Å². The lowest BCUT2D eigenvalue weighted by Crippen LogP contribution is -2.37. The van der Waals surface area contributed by atoms with Crippen LogP contribution < -0.4 is 4.57 Å². The number of rotatable bonds is 5. The molecule has 0 saturated carbocycles. The molecule has 0 fully saturated rings. The minimum atomic E-state index is -0.219. The van der Waals surface area contributed by atoms with Crippen LogP contribution in [0.5, 0.6) is 0 Å². The fraction of sp³-hybridized carbons (Fsp3) is 0.176. The Morgan fingerprint density at radius 3 is 2.14 bits per heavy atom. The molecule has 5 heteroatoms. The molecule has 0 radical (unpaired) electrons. The van der Waals surface area contributed by atoms with Crippen molar-refractivity contribution in [1.82, 2.24) is 9.88 Å². The lowest BCUT2D eigenvalue weighted by Gasteiger charge is -2.11. The van der Waals surface area contributed by atoms with E-state index < -0.39 is 0 Å². The third-order valence-electron chi connectivity index (χ3n) is 3.60. The van der Waals surface area contributed by atoms with Crippen molar-refractivity contribution in [2.45, 2.75) is 13.0 Å². The number of imide groups is 1. The zero-order chi connectivity index (χ0) is 15.4. The molecule has 0 unspecified atom stereocenters. The highest BCUT2D eigenvalue weighted by Crippen LogP contribution is 2.15. The van der Waals surface area contributed by atoms with Crippen LogP contribution in [-0.2, 0) is 16.1 Å². The molecule has 0 saturated heterocycles. The summed E-state index contributed by atoms with van der Waals surface area (Å²) in [5.41, 5.74) is 2.26. The van der Waals surface area contributed by atoms with Crippen molar-refractivity contribution in [3.8, 4) is 11.1 Å². The first-order valence-electron chi connectivity index (χ1n) is 7.17. The Balaban J connectivity index is 1.56. The second kappa shape index (κ2) is 6.30. The Morgan fingerprint density at radius 1 is 0.909 bits per heavy atom. The van der Waals surface area contributed by atoms with E-state index in [9.17, 15) is 9.59 Å². The standard InChI is InChI=1S/C17H16N3O2/c21-16-2-3-17(22)20(16)11-1-10-19-12-6-15(7-13-19)14-4-8-18-9-5-14/h2-9,12-13H,1,10-11H2/q+1. The largest absolute Gasteiger partial charge is 0.275 e. The van der Waals surface area contributed by atoms with E-state index in [2.05, 4.69) is 4.98 Å². The van der Waals surface area contributed by atoms with Crippen molar-refractivity contribution in [1.29, 1.82) is 0 Å². The summed E-state index contributed by atoms with van der Waals surface area (Å²) in [4.78, 5) is 28.1. The summed E-state index contributed by atoms with van der Waals surface area (Å²) in [5, 5.41) is 0. The van der Waals surface area contributed by atoms with Crippen LogP contribution in [0.4, 0.5) is 0 Å². The number of aryl methyl sites for hydroxylation is 1. The van der Waals surface area contributed by atoms with Crippen molar-refractivity contribution in [2.75, 3.05) is 6.54 Å². The van der Waals surface area contributed by atoms with Gasteiger partial charge in [0.1, 0.15) is 6.54 Å². The lowest BCUT2D eigenvalue weighted by atomic mass is 10.1. The van der Waals surface area contributed by atoms with Crippen LogP contribution in [-0.4, -0.2) is 28.2 Å². The van der Waals surface area contributed by atoms with Gasteiger partial charge in [0.25, 0.3) is 11.8 Å². The van der Waals surface area contributed by atoms with Crippen LogP contribution in [0.25, 0.3) is 11.1 Å². The average Bonchev–Trinajstić information content (AvgIpc) is 2.88. The Morgan fingerprint density at radius 2 is 1.50 bits per heavy atom.